The van der Waals surface area contributed by atoms with Gasteiger partial charge in [0.25, 0.3) is 0 Å². The average molecular weight is 281 g/mol. The van der Waals surface area contributed by atoms with Gasteiger partial charge in [0.05, 0.1) is 0 Å². The standard InChI is InChI=1S/C20H27N/c1-3-8-20(21-15-4-2)19-13-11-18(12-14-19)16-17-9-6-5-7-10-17/h5-7,9-14,20-21H,3-4,8,15-16H2,1-2H3. The van der Waals surface area contributed by atoms with Gasteiger partial charge in [-0.3, -0.25) is 0 Å². The van der Waals surface area contributed by atoms with Crippen LogP contribution in [0.25, 0.3) is 0 Å². The summed E-state index contributed by atoms with van der Waals surface area (Å²) >= 11 is 0. The molecule has 0 amide bonds. The second-order valence-electron chi connectivity index (χ2n) is 5.70. The molecule has 0 aliphatic heterocycles. The minimum absolute atomic E-state index is 0.501. The van der Waals surface area contributed by atoms with Gasteiger partial charge in [0.1, 0.15) is 0 Å². The van der Waals surface area contributed by atoms with Crippen molar-refractivity contribution in [2.45, 2.75) is 45.6 Å². The third kappa shape index (κ3) is 5.02. The van der Waals surface area contributed by atoms with E-state index in [4.69, 9.17) is 0 Å². The summed E-state index contributed by atoms with van der Waals surface area (Å²) in [4.78, 5) is 0. The number of benzene rings is 2. The van der Waals surface area contributed by atoms with Crippen LogP contribution >= 0.6 is 0 Å². The Morgan fingerprint density at radius 3 is 2.10 bits per heavy atom. The first kappa shape index (κ1) is 15.8. The molecule has 1 unspecified atom stereocenters. The molecule has 1 heteroatoms. The lowest BCUT2D eigenvalue weighted by Crippen LogP contribution is -2.21. The largest absolute Gasteiger partial charge is 0.310 e. The molecule has 0 spiro atoms. The van der Waals surface area contributed by atoms with E-state index in [1.807, 2.05) is 0 Å². The van der Waals surface area contributed by atoms with Gasteiger partial charge in [0, 0.05) is 6.04 Å². The van der Waals surface area contributed by atoms with Gasteiger partial charge in [-0.15, -0.1) is 0 Å². The smallest absolute Gasteiger partial charge is 0.0320 e. The molecule has 1 nitrogen and oxygen atoms in total. The Balaban J connectivity index is 2.02. The molecule has 2 rings (SSSR count). The molecule has 0 saturated heterocycles. The maximum Gasteiger partial charge on any atom is 0.0320 e. The molecule has 0 saturated carbocycles. The van der Waals surface area contributed by atoms with E-state index in [1.165, 1.54) is 36.0 Å². The van der Waals surface area contributed by atoms with E-state index in [9.17, 15) is 0 Å². The SMILES string of the molecule is CCCNC(CCC)c1ccc(Cc2ccccc2)cc1. The number of rotatable bonds is 8. The molecule has 0 bridgehead atoms. The quantitative estimate of drug-likeness (QED) is 0.708. The Kier molecular flexibility index (Phi) is 6.49. The van der Waals surface area contributed by atoms with E-state index < -0.39 is 0 Å². The summed E-state index contributed by atoms with van der Waals surface area (Å²) in [5.74, 6) is 0. The second-order valence-corrected chi connectivity index (χ2v) is 5.70. The van der Waals surface area contributed by atoms with E-state index in [2.05, 4.69) is 73.8 Å². The summed E-state index contributed by atoms with van der Waals surface area (Å²) in [5.41, 5.74) is 4.18. The molecule has 112 valence electrons. The van der Waals surface area contributed by atoms with Crippen molar-refractivity contribution in [3.05, 3.63) is 71.3 Å². The lowest BCUT2D eigenvalue weighted by Gasteiger charge is -2.18. The molecule has 1 N–H and O–H groups in total. The van der Waals surface area contributed by atoms with Crippen LogP contribution in [-0.2, 0) is 6.42 Å². The summed E-state index contributed by atoms with van der Waals surface area (Å²) in [7, 11) is 0. The van der Waals surface area contributed by atoms with Crippen molar-refractivity contribution in [3.63, 3.8) is 0 Å². The van der Waals surface area contributed by atoms with Crippen molar-refractivity contribution in [2.75, 3.05) is 6.54 Å². The van der Waals surface area contributed by atoms with Gasteiger partial charge in [-0.2, -0.15) is 0 Å². The lowest BCUT2D eigenvalue weighted by molar-refractivity contribution is 0.494. The summed E-state index contributed by atoms with van der Waals surface area (Å²) in [6.07, 6.45) is 4.62. The van der Waals surface area contributed by atoms with Crippen LogP contribution in [-0.4, -0.2) is 6.54 Å². The van der Waals surface area contributed by atoms with Gasteiger partial charge in [0.15, 0.2) is 0 Å². The molecular weight excluding hydrogens is 254 g/mol. The van der Waals surface area contributed by atoms with E-state index in [0.29, 0.717) is 6.04 Å². The molecule has 0 fully saturated rings. The Morgan fingerprint density at radius 1 is 0.810 bits per heavy atom. The highest BCUT2D eigenvalue weighted by molar-refractivity contribution is 5.30. The predicted molar refractivity (Wildman–Crippen MR) is 91.6 cm³/mol. The van der Waals surface area contributed by atoms with Gasteiger partial charge in [-0.1, -0.05) is 74.9 Å². The lowest BCUT2D eigenvalue weighted by atomic mass is 9.98. The molecule has 0 radical (unpaired) electrons. The van der Waals surface area contributed by atoms with Crippen molar-refractivity contribution < 1.29 is 0 Å². The highest BCUT2D eigenvalue weighted by Gasteiger charge is 2.09. The summed E-state index contributed by atoms with van der Waals surface area (Å²) in [5, 5.41) is 3.66. The van der Waals surface area contributed by atoms with E-state index in [0.717, 1.165) is 13.0 Å². The van der Waals surface area contributed by atoms with Crippen LogP contribution in [0.4, 0.5) is 0 Å². The zero-order valence-electron chi connectivity index (χ0n) is 13.3. The fourth-order valence-electron chi connectivity index (χ4n) is 2.69. The molecule has 0 heterocycles. The topological polar surface area (TPSA) is 12.0 Å². The third-order valence-corrected chi connectivity index (χ3v) is 3.85. The van der Waals surface area contributed by atoms with Crippen LogP contribution in [0.5, 0.6) is 0 Å². The summed E-state index contributed by atoms with van der Waals surface area (Å²) in [6.45, 7) is 5.57. The molecule has 21 heavy (non-hydrogen) atoms. The van der Waals surface area contributed by atoms with Gasteiger partial charge < -0.3 is 5.32 Å². The van der Waals surface area contributed by atoms with Crippen LogP contribution in [0.2, 0.25) is 0 Å². The molecule has 2 aromatic rings. The minimum Gasteiger partial charge on any atom is -0.310 e. The van der Waals surface area contributed by atoms with Gasteiger partial charge in [-0.05, 0) is 42.5 Å². The Labute approximate surface area is 129 Å². The first-order valence-corrected chi connectivity index (χ1v) is 8.19. The van der Waals surface area contributed by atoms with E-state index >= 15 is 0 Å². The van der Waals surface area contributed by atoms with Gasteiger partial charge in [0.2, 0.25) is 0 Å². The predicted octanol–water partition coefficient (Wildman–Crippen LogP) is 5.12. The molecule has 0 aliphatic carbocycles. The third-order valence-electron chi connectivity index (χ3n) is 3.85. The zero-order valence-corrected chi connectivity index (χ0v) is 13.3. The van der Waals surface area contributed by atoms with Crippen LogP contribution in [0, 0.1) is 0 Å². The Morgan fingerprint density at radius 2 is 1.48 bits per heavy atom. The van der Waals surface area contributed by atoms with Crippen LogP contribution < -0.4 is 5.32 Å². The van der Waals surface area contributed by atoms with Crippen molar-refractivity contribution in [3.8, 4) is 0 Å². The Bertz CT molecular complexity index is 501. The highest BCUT2D eigenvalue weighted by atomic mass is 14.9. The molecule has 0 aliphatic rings. The van der Waals surface area contributed by atoms with Crippen LogP contribution in [0.15, 0.2) is 54.6 Å². The summed E-state index contributed by atoms with van der Waals surface area (Å²) in [6, 6.07) is 20.3. The molecular formula is C20H27N. The Hall–Kier alpha value is -1.60. The van der Waals surface area contributed by atoms with Crippen molar-refractivity contribution >= 4 is 0 Å². The zero-order chi connectivity index (χ0) is 14.9. The first-order valence-electron chi connectivity index (χ1n) is 8.19. The molecule has 0 aromatic heterocycles. The van der Waals surface area contributed by atoms with Crippen molar-refractivity contribution in [2.24, 2.45) is 0 Å². The van der Waals surface area contributed by atoms with Gasteiger partial charge >= 0.3 is 0 Å². The van der Waals surface area contributed by atoms with E-state index in [1.54, 1.807) is 0 Å². The average Bonchev–Trinajstić information content (AvgIpc) is 2.53. The number of hydrogen-bond acceptors (Lipinski definition) is 1. The van der Waals surface area contributed by atoms with Crippen molar-refractivity contribution in [1.82, 2.24) is 5.32 Å². The maximum atomic E-state index is 3.66. The summed E-state index contributed by atoms with van der Waals surface area (Å²) < 4.78 is 0. The number of hydrogen-bond donors (Lipinski definition) is 1. The second kappa shape index (κ2) is 8.63. The van der Waals surface area contributed by atoms with Crippen LogP contribution in [0.1, 0.15) is 55.8 Å². The first-order chi connectivity index (χ1) is 10.3. The van der Waals surface area contributed by atoms with E-state index in [-0.39, 0.29) is 0 Å². The fourth-order valence-corrected chi connectivity index (χ4v) is 2.69. The fraction of sp³-hybridized carbons (Fsp3) is 0.400. The van der Waals surface area contributed by atoms with Crippen molar-refractivity contribution in [1.29, 1.82) is 0 Å². The highest BCUT2D eigenvalue weighted by Crippen LogP contribution is 2.20. The number of nitrogens with one attached hydrogen (secondary N) is 1. The molecule has 1 atom stereocenters. The maximum absolute atomic E-state index is 3.66. The normalized spacial score (nSPS) is 12.3. The van der Waals surface area contributed by atoms with Crippen LogP contribution in [0.3, 0.4) is 0 Å². The van der Waals surface area contributed by atoms with Gasteiger partial charge in [-0.25, -0.2) is 0 Å². The minimum atomic E-state index is 0.501. The monoisotopic (exact) mass is 281 g/mol. The molecule has 2 aromatic carbocycles.